The maximum absolute atomic E-state index is 13.3. The normalized spacial score (nSPS) is 12.3. The van der Waals surface area contributed by atoms with E-state index in [9.17, 15) is 13.2 Å². The van der Waals surface area contributed by atoms with Crippen LogP contribution in [0.2, 0.25) is 0 Å². The number of hydrogen-bond donors (Lipinski definition) is 2. The van der Waals surface area contributed by atoms with Gasteiger partial charge < -0.3 is 10.7 Å². The van der Waals surface area contributed by atoms with Crippen LogP contribution in [0.5, 0.6) is 0 Å². The van der Waals surface area contributed by atoms with Crippen LogP contribution in [0.15, 0.2) is 24.4 Å². The molecule has 1 aromatic heterocycles. The maximum atomic E-state index is 13.3. The molecule has 0 unspecified atom stereocenters. The summed E-state index contributed by atoms with van der Waals surface area (Å²) < 4.78 is 39.5. The van der Waals surface area contributed by atoms with Gasteiger partial charge in [0.15, 0.2) is 0 Å². The van der Waals surface area contributed by atoms with Gasteiger partial charge in [-0.05, 0) is 18.2 Å². The number of halogens is 3. The van der Waals surface area contributed by atoms with E-state index in [2.05, 4.69) is 4.98 Å². The van der Waals surface area contributed by atoms with Crippen LogP contribution < -0.4 is 5.73 Å². The van der Waals surface area contributed by atoms with Crippen LogP contribution in [0, 0.1) is 5.82 Å². The molecule has 5 heteroatoms. The minimum atomic E-state index is -3.13. The lowest BCUT2D eigenvalue weighted by atomic mass is 10.1. The highest BCUT2D eigenvalue weighted by Crippen LogP contribution is 2.32. The fourth-order valence-electron chi connectivity index (χ4n) is 1.51. The van der Waals surface area contributed by atoms with Gasteiger partial charge in [0.1, 0.15) is 5.82 Å². The Kier molecular flexibility index (Phi) is 2.19. The minimum Gasteiger partial charge on any atom is -0.361 e. The summed E-state index contributed by atoms with van der Waals surface area (Å²) in [5, 5.41) is 0.172. The quantitative estimate of drug-likeness (QED) is 0.791. The minimum absolute atomic E-state index is 0.172. The van der Waals surface area contributed by atoms with Gasteiger partial charge in [0.25, 0.3) is 5.92 Å². The largest absolute Gasteiger partial charge is 0.361 e. The van der Waals surface area contributed by atoms with Crippen molar-refractivity contribution in [1.82, 2.24) is 4.98 Å². The average molecular weight is 214 g/mol. The molecule has 0 aliphatic carbocycles. The highest BCUT2D eigenvalue weighted by atomic mass is 19.3. The average Bonchev–Trinajstić information content (AvgIpc) is 2.61. The van der Waals surface area contributed by atoms with Crippen molar-refractivity contribution >= 4 is 10.9 Å². The number of aromatic amines is 1. The number of nitrogens with two attached hydrogens (primary N) is 1. The Morgan fingerprint density at radius 1 is 1.33 bits per heavy atom. The number of aromatic nitrogens is 1. The number of benzene rings is 1. The topological polar surface area (TPSA) is 41.8 Å². The zero-order valence-electron chi connectivity index (χ0n) is 7.73. The van der Waals surface area contributed by atoms with Gasteiger partial charge in [0.2, 0.25) is 0 Å². The van der Waals surface area contributed by atoms with E-state index in [0.29, 0.717) is 5.52 Å². The summed E-state index contributed by atoms with van der Waals surface area (Å²) in [5.74, 6) is -3.68. The molecule has 1 heterocycles. The molecule has 0 saturated heterocycles. The Hall–Kier alpha value is -1.49. The van der Waals surface area contributed by atoms with Gasteiger partial charge in [-0.3, -0.25) is 0 Å². The number of fused-ring (bicyclic) bond motifs is 1. The second kappa shape index (κ2) is 3.27. The Labute approximate surface area is 83.9 Å². The van der Waals surface area contributed by atoms with Crippen LogP contribution in [-0.4, -0.2) is 11.5 Å². The van der Waals surface area contributed by atoms with Gasteiger partial charge >= 0.3 is 0 Å². The molecule has 15 heavy (non-hydrogen) atoms. The lowest BCUT2D eigenvalue weighted by Crippen LogP contribution is -2.24. The number of H-pyrrole nitrogens is 1. The molecule has 0 aliphatic heterocycles. The van der Waals surface area contributed by atoms with Crippen molar-refractivity contribution in [3.8, 4) is 0 Å². The van der Waals surface area contributed by atoms with E-state index in [4.69, 9.17) is 5.73 Å². The van der Waals surface area contributed by atoms with Crippen molar-refractivity contribution in [2.45, 2.75) is 5.92 Å². The van der Waals surface area contributed by atoms with Crippen LogP contribution in [0.3, 0.4) is 0 Å². The third kappa shape index (κ3) is 1.59. The molecule has 80 valence electrons. The Morgan fingerprint density at radius 3 is 2.73 bits per heavy atom. The van der Waals surface area contributed by atoms with Gasteiger partial charge in [-0.2, -0.15) is 8.78 Å². The lowest BCUT2D eigenvalue weighted by molar-refractivity contribution is 0.00754. The molecule has 2 nitrogen and oxygen atoms in total. The second-order valence-electron chi connectivity index (χ2n) is 3.30. The summed E-state index contributed by atoms with van der Waals surface area (Å²) in [6.07, 6.45) is 1.16. The van der Waals surface area contributed by atoms with Crippen LogP contribution in [0.4, 0.5) is 13.2 Å². The summed E-state index contributed by atoms with van der Waals surface area (Å²) >= 11 is 0. The zero-order valence-corrected chi connectivity index (χ0v) is 7.73. The van der Waals surface area contributed by atoms with Crippen molar-refractivity contribution in [1.29, 1.82) is 0 Å². The third-order valence-electron chi connectivity index (χ3n) is 2.29. The monoisotopic (exact) mass is 214 g/mol. The SMILES string of the molecule is NCC(F)(F)c1c[nH]c2ccc(F)cc12. The van der Waals surface area contributed by atoms with Crippen molar-refractivity contribution < 1.29 is 13.2 Å². The first kappa shape index (κ1) is 10.0. The molecular formula is C10H9F3N2. The molecule has 3 N–H and O–H groups in total. The number of alkyl halides is 2. The van der Waals surface area contributed by atoms with Gasteiger partial charge in [0, 0.05) is 22.7 Å². The lowest BCUT2D eigenvalue weighted by Gasteiger charge is -2.12. The molecule has 0 aliphatic rings. The first-order chi connectivity index (χ1) is 7.04. The fraction of sp³-hybridized carbons (Fsp3) is 0.200. The standard InChI is InChI=1S/C10H9F3N2/c11-6-1-2-9-7(3-6)8(4-15-9)10(12,13)5-14/h1-4,15H,5,14H2. The molecule has 0 radical (unpaired) electrons. The number of hydrogen-bond acceptors (Lipinski definition) is 1. The smallest absolute Gasteiger partial charge is 0.287 e. The predicted octanol–water partition coefficient (Wildman–Crippen LogP) is 2.36. The van der Waals surface area contributed by atoms with Crippen molar-refractivity contribution in [2.24, 2.45) is 5.73 Å². The molecule has 0 spiro atoms. The second-order valence-corrected chi connectivity index (χ2v) is 3.30. The number of nitrogens with one attached hydrogen (secondary N) is 1. The van der Waals surface area contributed by atoms with Crippen LogP contribution in [0.1, 0.15) is 5.56 Å². The Bertz CT molecular complexity index is 490. The molecule has 1 aromatic carbocycles. The molecule has 2 aromatic rings. The van der Waals surface area contributed by atoms with Gasteiger partial charge in [-0.15, -0.1) is 0 Å². The van der Waals surface area contributed by atoms with Gasteiger partial charge in [-0.25, -0.2) is 4.39 Å². The van der Waals surface area contributed by atoms with Crippen molar-refractivity contribution in [3.05, 3.63) is 35.8 Å². The van der Waals surface area contributed by atoms with Gasteiger partial charge in [-0.1, -0.05) is 0 Å². The molecule has 2 rings (SSSR count). The fourth-order valence-corrected chi connectivity index (χ4v) is 1.51. The predicted molar refractivity (Wildman–Crippen MR) is 51.2 cm³/mol. The van der Waals surface area contributed by atoms with Crippen LogP contribution in [-0.2, 0) is 5.92 Å². The zero-order chi connectivity index (χ0) is 11.1. The van der Waals surface area contributed by atoms with Crippen molar-refractivity contribution in [2.75, 3.05) is 6.54 Å². The van der Waals surface area contributed by atoms with E-state index in [1.807, 2.05) is 0 Å². The van der Waals surface area contributed by atoms with Crippen LogP contribution >= 0.6 is 0 Å². The molecule has 0 saturated carbocycles. The van der Waals surface area contributed by atoms with Crippen LogP contribution in [0.25, 0.3) is 10.9 Å². The highest BCUT2D eigenvalue weighted by Gasteiger charge is 2.32. The summed E-state index contributed by atoms with van der Waals surface area (Å²) in [5.41, 5.74) is 5.18. The first-order valence-corrected chi connectivity index (χ1v) is 4.39. The van der Waals surface area contributed by atoms with E-state index in [1.54, 1.807) is 0 Å². The molecular weight excluding hydrogens is 205 g/mol. The molecule has 0 amide bonds. The van der Waals surface area contributed by atoms with E-state index < -0.39 is 18.3 Å². The molecule has 0 bridgehead atoms. The summed E-state index contributed by atoms with van der Waals surface area (Å²) in [4.78, 5) is 2.65. The highest BCUT2D eigenvalue weighted by molar-refractivity contribution is 5.83. The summed E-state index contributed by atoms with van der Waals surface area (Å²) in [6.45, 7) is -0.795. The third-order valence-corrected chi connectivity index (χ3v) is 2.29. The molecule has 0 atom stereocenters. The van der Waals surface area contributed by atoms with E-state index in [-0.39, 0.29) is 10.9 Å². The number of rotatable bonds is 2. The van der Waals surface area contributed by atoms with Crippen molar-refractivity contribution in [3.63, 3.8) is 0 Å². The first-order valence-electron chi connectivity index (χ1n) is 4.39. The molecule has 0 fully saturated rings. The van der Waals surface area contributed by atoms with E-state index in [1.165, 1.54) is 12.1 Å². The van der Waals surface area contributed by atoms with E-state index >= 15 is 0 Å². The summed E-state index contributed by atoms with van der Waals surface area (Å²) in [6, 6.07) is 3.70. The maximum Gasteiger partial charge on any atom is 0.287 e. The Balaban J connectivity index is 2.67. The van der Waals surface area contributed by atoms with E-state index in [0.717, 1.165) is 12.3 Å². The summed E-state index contributed by atoms with van der Waals surface area (Å²) in [7, 11) is 0. The Morgan fingerprint density at radius 2 is 2.07 bits per heavy atom. The van der Waals surface area contributed by atoms with Gasteiger partial charge in [0.05, 0.1) is 6.54 Å².